The van der Waals surface area contributed by atoms with Gasteiger partial charge in [0, 0.05) is 6.04 Å². The molecule has 1 fully saturated rings. The molecule has 29 heavy (non-hydrogen) atoms. The van der Waals surface area contributed by atoms with Gasteiger partial charge >= 0.3 is 12.3 Å². The van der Waals surface area contributed by atoms with Crippen molar-refractivity contribution in [2.45, 2.75) is 57.2 Å². The number of halogens is 3. The molecule has 0 radical (unpaired) electrons. The van der Waals surface area contributed by atoms with E-state index in [0.717, 1.165) is 17.8 Å². The number of alkyl halides is 3. The van der Waals surface area contributed by atoms with Gasteiger partial charge in [0.25, 0.3) is 0 Å². The molecule has 156 valence electrons. The number of hydrogen-bond acceptors (Lipinski definition) is 5. The van der Waals surface area contributed by atoms with Crippen LogP contribution in [-0.2, 0) is 27.8 Å². The topological polar surface area (TPSA) is 81.6 Å². The molecule has 0 unspecified atom stereocenters. The van der Waals surface area contributed by atoms with Gasteiger partial charge in [-0.1, -0.05) is 17.3 Å². The summed E-state index contributed by atoms with van der Waals surface area (Å²) < 4.78 is 51.1. The first kappa shape index (κ1) is 19.7. The number of benzene rings is 1. The molecule has 7 nitrogen and oxygen atoms in total. The third-order valence-corrected chi connectivity index (χ3v) is 5.07. The van der Waals surface area contributed by atoms with Gasteiger partial charge in [0.15, 0.2) is 0 Å². The van der Waals surface area contributed by atoms with Crippen molar-refractivity contribution in [3.05, 3.63) is 46.8 Å². The first-order valence-corrected chi connectivity index (χ1v) is 9.39. The van der Waals surface area contributed by atoms with Gasteiger partial charge in [-0.15, -0.1) is 5.10 Å². The normalized spacial score (nSPS) is 23.2. The van der Waals surface area contributed by atoms with Gasteiger partial charge in [-0.05, 0) is 44.4 Å². The summed E-state index contributed by atoms with van der Waals surface area (Å²) in [4.78, 5) is 12.0. The number of alkyl carbamates (subject to hydrolysis) is 1. The zero-order valence-corrected chi connectivity index (χ0v) is 16.0. The Labute approximate surface area is 165 Å². The van der Waals surface area contributed by atoms with E-state index in [1.165, 1.54) is 12.1 Å². The second-order valence-electron chi connectivity index (χ2n) is 7.69. The third kappa shape index (κ3) is 3.93. The summed E-state index contributed by atoms with van der Waals surface area (Å²) in [6.45, 7) is 4.43. The number of rotatable bonds is 4. The molecule has 1 N–H and O–H groups in total. The van der Waals surface area contributed by atoms with E-state index in [1.54, 1.807) is 4.68 Å². The summed E-state index contributed by atoms with van der Waals surface area (Å²) in [6.07, 6.45) is -4.23. The average Bonchev–Trinajstić information content (AvgIpc) is 3.27. The molecule has 2 aliphatic rings. The molecule has 2 heterocycles. The van der Waals surface area contributed by atoms with Gasteiger partial charge in [0.1, 0.15) is 23.1 Å². The molecular weight excluding hydrogens is 389 g/mol. The molecule has 10 heteroatoms. The van der Waals surface area contributed by atoms with Crippen molar-refractivity contribution in [1.82, 2.24) is 20.3 Å². The lowest BCUT2D eigenvalue weighted by Crippen LogP contribution is -2.34. The number of ether oxygens (including phenoxy) is 2. The van der Waals surface area contributed by atoms with Crippen LogP contribution in [0.4, 0.5) is 18.0 Å². The minimum absolute atomic E-state index is 0.0565. The summed E-state index contributed by atoms with van der Waals surface area (Å²) >= 11 is 0. The van der Waals surface area contributed by atoms with E-state index < -0.39 is 29.5 Å². The van der Waals surface area contributed by atoms with Crippen molar-refractivity contribution in [2.75, 3.05) is 6.61 Å². The van der Waals surface area contributed by atoms with E-state index in [1.807, 2.05) is 13.8 Å². The summed E-state index contributed by atoms with van der Waals surface area (Å²) in [5.74, 6) is 0. The monoisotopic (exact) mass is 410 g/mol. The SMILES string of the molecule is CC(C)NC(=O)O[C@@H]1CC[C@]2(CO2)c2c1nnn2Cc1ccc(C(F)(F)F)cc1. The van der Waals surface area contributed by atoms with Crippen LogP contribution >= 0.6 is 0 Å². The molecule has 2 aromatic rings. The van der Waals surface area contributed by atoms with Crippen molar-refractivity contribution in [2.24, 2.45) is 0 Å². The fraction of sp³-hybridized carbons (Fsp3) is 0.526. The van der Waals surface area contributed by atoms with E-state index in [4.69, 9.17) is 9.47 Å². The van der Waals surface area contributed by atoms with Crippen LogP contribution in [0.1, 0.15) is 55.3 Å². The number of hydrogen-bond donors (Lipinski definition) is 1. The molecule has 1 spiro atoms. The highest BCUT2D eigenvalue weighted by Gasteiger charge is 2.55. The van der Waals surface area contributed by atoms with Crippen LogP contribution in [-0.4, -0.2) is 33.7 Å². The lowest BCUT2D eigenvalue weighted by atomic mass is 9.88. The molecule has 1 aliphatic carbocycles. The van der Waals surface area contributed by atoms with Crippen LogP contribution in [0.15, 0.2) is 24.3 Å². The molecule has 1 aliphatic heterocycles. The maximum atomic E-state index is 12.8. The number of carbonyl (C=O) groups is 1. The van der Waals surface area contributed by atoms with Crippen LogP contribution in [0.25, 0.3) is 0 Å². The van der Waals surface area contributed by atoms with Crippen LogP contribution in [0.2, 0.25) is 0 Å². The number of nitrogens with one attached hydrogen (secondary N) is 1. The molecule has 1 saturated heterocycles. The fourth-order valence-electron chi connectivity index (χ4n) is 3.60. The summed E-state index contributed by atoms with van der Waals surface area (Å²) in [5.41, 5.74) is 0.722. The molecule has 4 rings (SSSR count). The largest absolute Gasteiger partial charge is 0.440 e. The Morgan fingerprint density at radius 3 is 2.66 bits per heavy atom. The molecule has 1 amide bonds. The first-order chi connectivity index (χ1) is 13.7. The minimum atomic E-state index is -4.38. The predicted molar refractivity (Wildman–Crippen MR) is 94.9 cm³/mol. The van der Waals surface area contributed by atoms with Gasteiger partial charge in [-0.3, -0.25) is 0 Å². The van der Waals surface area contributed by atoms with Crippen LogP contribution in [0.3, 0.4) is 0 Å². The van der Waals surface area contributed by atoms with Crippen molar-refractivity contribution >= 4 is 6.09 Å². The molecule has 0 saturated carbocycles. The maximum Gasteiger partial charge on any atom is 0.416 e. The number of aromatic nitrogens is 3. The Balaban J connectivity index is 1.57. The third-order valence-electron chi connectivity index (χ3n) is 5.07. The summed E-state index contributed by atoms with van der Waals surface area (Å²) in [5, 5.41) is 11.1. The Morgan fingerprint density at radius 1 is 1.38 bits per heavy atom. The van der Waals surface area contributed by atoms with Gasteiger partial charge in [-0.2, -0.15) is 13.2 Å². The van der Waals surface area contributed by atoms with Gasteiger partial charge in [0.2, 0.25) is 0 Å². The number of amides is 1. The molecular formula is C19H21F3N4O3. The van der Waals surface area contributed by atoms with Gasteiger partial charge in [-0.25, -0.2) is 9.48 Å². The van der Waals surface area contributed by atoms with Crippen LogP contribution < -0.4 is 5.32 Å². The second-order valence-corrected chi connectivity index (χ2v) is 7.69. The van der Waals surface area contributed by atoms with E-state index in [-0.39, 0.29) is 12.6 Å². The van der Waals surface area contributed by atoms with Crippen molar-refractivity contribution in [3.8, 4) is 0 Å². The highest BCUT2D eigenvalue weighted by Crippen LogP contribution is 2.51. The van der Waals surface area contributed by atoms with Crippen molar-refractivity contribution in [1.29, 1.82) is 0 Å². The standard InChI is InChI=1S/C19H21F3N4O3/c1-11(2)23-17(27)29-14-7-8-18(10-28-18)16-15(14)24-25-26(16)9-12-3-5-13(6-4-12)19(20,21)22/h3-6,11,14H,7-10H2,1-2H3,(H,23,27)/t14-,18+/m1/s1. The molecule has 0 bridgehead atoms. The lowest BCUT2D eigenvalue weighted by Gasteiger charge is -2.26. The lowest BCUT2D eigenvalue weighted by molar-refractivity contribution is -0.137. The van der Waals surface area contributed by atoms with Crippen LogP contribution in [0, 0.1) is 0 Å². The number of epoxide rings is 1. The highest BCUT2D eigenvalue weighted by molar-refractivity contribution is 5.67. The summed E-state index contributed by atoms with van der Waals surface area (Å²) in [6, 6.07) is 4.88. The van der Waals surface area contributed by atoms with E-state index in [2.05, 4.69) is 15.6 Å². The Hall–Kier alpha value is -2.62. The maximum absolute atomic E-state index is 12.8. The number of nitrogens with zero attached hydrogens (tertiary/aromatic N) is 3. The van der Waals surface area contributed by atoms with E-state index in [9.17, 15) is 18.0 Å². The van der Waals surface area contributed by atoms with Crippen molar-refractivity contribution in [3.63, 3.8) is 0 Å². The quantitative estimate of drug-likeness (QED) is 0.780. The fourth-order valence-corrected chi connectivity index (χ4v) is 3.60. The zero-order valence-electron chi connectivity index (χ0n) is 16.0. The predicted octanol–water partition coefficient (Wildman–Crippen LogP) is 3.54. The zero-order chi connectivity index (χ0) is 20.8. The van der Waals surface area contributed by atoms with Gasteiger partial charge in [0.05, 0.1) is 18.7 Å². The highest BCUT2D eigenvalue weighted by atomic mass is 19.4. The smallest absolute Gasteiger partial charge is 0.416 e. The Morgan fingerprint density at radius 2 is 2.07 bits per heavy atom. The Kier molecular flexibility index (Phi) is 4.76. The van der Waals surface area contributed by atoms with E-state index in [0.29, 0.717) is 30.7 Å². The minimum Gasteiger partial charge on any atom is -0.440 e. The Bertz CT molecular complexity index is 904. The second kappa shape index (κ2) is 7.01. The number of carbonyl (C=O) groups excluding carboxylic acids is 1. The van der Waals surface area contributed by atoms with Gasteiger partial charge < -0.3 is 14.8 Å². The molecule has 1 aromatic heterocycles. The molecule has 1 aromatic carbocycles. The van der Waals surface area contributed by atoms with Crippen LogP contribution in [0.5, 0.6) is 0 Å². The van der Waals surface area contributed by atoms with Crippen molar-refractivity contribution < 1.29 is 27.4 Å². The van der Waals surface area contributed by atoms with E-state index >= 15 is 0 Å². The number of fused-ring (bicyclic) bond motifs is 2. The summed E-state index contributed by atoms with van der Waals surface area (Å²) in [7, 11) is 0. The average molecular weight is 410 g/mol. The molecule has 2 atom stereocenters. The first-order valence-electron chi connectivity index (χ1n) is 9.39.